The molecule has 7 heteroatoms. The number of rotatable bonds is 6. The number of furan rings is 1. The molecule has 6 nitrogen and oxygen atoms in total. The van der Waals surface area contributed by atoms with Crippen LogP contribution in [0, 0.1) is 6.92 Å². The van der Waals surface area contributed by atoms with Crippen molar-refractivity contribution in [2.45, 2.75) is 32.2 Å². The van der Waals surface area contributed by atoms with Gasteiger partial charge in [0.25, 0.3) is 10.2 Å². The van der Waals surface area contributed by atoms with Gasteiger partial charge in [-0.1, -0.05) is 6.07 Å². The standard InChI is InChI=1S/C17H23N3O3S/c1-14-8-9-17(23-14)16-7-5-12-20(16)24(21,22)19(2)13-10-15-6-3-4-11-18-15/h3-4,6,8-9,11,16H,5,7,10,12-13H2,1-2H3/t16-/m0/s1. The zero-order valence-corrected chi connectivity index (χ0v) is 14.9. The van der Waals surface area contributed by atoms with E-state index < -0.39 is 10.2 Å². The zero-order valence-electron chi connectivity index (χ0n) is 14.1. The number of hydrogen-bond donors (Lipinski definition) is 0. The van der Waals surface area contributed by atoms with Gasteiger partial charge in [0.05, 0.1) is 6.04 Å². The van der Waals surface area contributed by atoms with Gasteiger partial charge in [-0.15, -0.1) is 0 Å². The number of aromatic nitrogens is 1. The fraction of sp³-hybridized carbons (Fsp3) is 0.471. The Morgan fingerprint density at radius 1 is 1.33 bits per heavy atom. The Bertz CT molecular complexity index is 773. The smallest absolute Gasteiger partial charge is 0.282 e. The Morgan fingerprint density at radius 2 is 2.17 bits per heavy atom. The Labute approximate surface area is 143 Å². The molecule has 0 N–H and O–H groups in total. The molecule has 0 aliphatic carbocycles. The highest BCUT2D eigenvalue weighted by Gasteiger charge is 2.38. The summed E-state index contributed by atoms with van der Waals surface area (Å²) in [5.41, 5.74) is 0.888. The van der Waals surface area contributed by atoms with E-state index in [-0.39, 0.29) is 6.04 Å². The molecule has 0 radical (unpaired) electrons. The molecule has 3 heterocycles. The van der Waals surface area contributed by atoms with Crippen LogP contribution in [0.5, 0.6) is 0 Å². The molecule has 2 aromatic heterocycles. The van der Waals surface area contributed by atoms with E-state index in [1.165, 1.54) is 4.31 Å². The SMILES string of the molecule is Cc1ccc([C@@H]2CCCN2S(=O)(=O)N(C)CCc2ccccn2)o1. The number of aryl methyl sites for hydroxylation is 1. The maximum absolute atomic E-state index is 12.9. The van der Waals surface area contributed by atoms with Crippen molar-refractivity contribution in [1.29, 1.82) is 0 Å². The Balaban J connectivity index is 1.71. The Kier molecular flexibility index (Phi) is 5.03. The van der Waals surface area contributed by atoms with Crippen molar-refractivity contribution >= 4 is 10.2 Å². The van der Waals surface area contributed by atoms with E-state index in [2.05, 4.69) is 4.98 Å². The lowest BCUT2D eigenvalue weighted by Crippen LogP contribution is -2.42. The van der Waals surface area contributed by atoms with Gasteiger partial charge < -0.3 is 4.42 Å². The first-order valence-corrected chi connectivity index (χ1v) is 9.57. The predicted octanol–water partition coefficient (Wildman–Crippen LogP) is 2.54. The molecule has 0 saturated carbocycles. The van der Waals surface area contributed by atoms with Crippen LogP contribution in [0.1, 0.15) is 36.1 Å². The van der Waals surface area contributed by atoms with Gasteiger partial charge in [-0.05, 0) is 44.0 Å². The molecule has 130 valence electrons. The summed E-state index contributed by atoms with van der Waals surface area (Å²) in [6.07, 6.45) is 3.95. The van der Waals surface area contributed by atoms with Crippen LogP contribution in [-0.4, -0.2) is 42.1 Å². The average Bonchev–Trinajstić information content (AvgIpc) is 3.22. The minimum absolute atomic E-state index is 0.207. The molecule has 24 heavy (non-hydrogen) atoms. The lowest BCUT2D eigenvalue weighted by Gasteiger charge is -2.27. The number of hydrogen-bond acceptors (Lipinski definition) is 4. The summed E-state index contributed by atoms with van der Waals surface area (Å²) in [5.74, 6) is 1.53. The van der Waals surface area contributed by atoms with E-state index in [4.69, 9.17) is 4.42 Å². The molecular formula is C17H23N3O3S. The fourth-order valence-corrected chi connectivity index (χ4v) is 4.62. The summed E-state index contributed by atoms with van der Waals surface area (Å²) in [7, 11) is -1.89. The quantitative estimate of drug-likeness (QED) is 0.804. The van der Waals surface area contributed by atoms with Crippen LogP contribution in [-0.2, 0) is 16.6 Å². The van der Waals surface area contributed by atoms with Gasteiger partial charge in [-0.3, -0.25) is 4.98 Å². The lowest BCUT2D eigenvalue weighted by atomic mass is 10.2. The second-order valence-electron chi connectivity index (χ2n) is 6.12. The molecule has 0 amide bonds. The molecule has 3 rings (SSSR count). The minimum atomic E-state index is -3.52. The van der Waals surface area contributed by atoms with Gasteiger partial charge in [0.1, 0.15) is 11.5 Å². The van der Waals surface area contributed by atoms with Crippen molar-refractivity contribution in [3.8, 4) is 0 Å². The predicted molar refractivity (Wildman–Crippen MR) is 91.6 cm³/mol. The van der Waals surface area contributed by atoms with Crippen LogP contribution in [0.2, 0.25) is 0 Å². The molecule has 0 unspecified atom stereocenters. The third kappa shape index (κ3) is 3.53. The molecular weight excluding hydrogens is 326 g/mol. The second-order valence-corrected chi connectivity index (χ2v) is 8.11. The van der Waals surface area contributed by atoms with Crippen molar-refractivity contribution in [2.24, 2.45) is 0 Å². The van der Waals surface area contributed by atoms with Crippen molar-refractivity contribution in [3.05, 3.63) is 53.7 Å². The first-order valence-electron chi connectivity index (χ1n) is 8.18. The third-order valence-electron chi connectivity index (χ3n) is 4.39. The van der Waals surface area contributed by atoms with Crippen LogP contribution in [0.25, 0.3) is 0 Å². The molecule has 1 aliphatic rings. The number of nitrogens with zero attached hydrogens (tertiary/aromatic N) is 3. The first-order chi connectivity index (χ1) is 11.5. The van der Waals surface area contributed by atoms with Gasteiger partial charge in [0.2, 0.25) is 0 Å². The molecule has 1 aliphatic heterocycles. The Hall–Kier alpha value is -1.70. The van der Waals surface area contributed by atoms with E-state index in [0.29, 0.717) is 19.5 Å². The topological polar surface area (TPSA) is 66.7 Å². The summed E-state index contributed by atoms with van der Waals surface area (Å²) in [5, 5.41) is 0. The molecule has 1 atom stereocenters. The minimum Gasteiger partial charge on any atom is -0.465 e. The number of pyridine rings is 1. The van der Waals surface area contributed by atoms with Gasteiger partial charge in [-0.2, -0.15) is 17.0 Å². The normalized spacial score (nSPS) is 19.2. The van der Waals surface area contributed by atoms with Crippen LogP contribution < -0.4 is 0 Å². The second kappa shape index (κ2) is 7.04. The largest absolute Gasteiger partial charge is 0.465 e. The first kappa shape index (κ1) is 17.1. The van der Waals surface area contributed by atoms with Gasteiger partial charge >= 0.3 is 0 Å². The summed E-state index contributed by atoms with van der Waals surface area (Å²) < 4.78 is 34.5. The van der Waals surface area contributed by atoms with E-state index in [1.807, 2.05) is 37.3 Å². The van der Waals surface area contributed by atoms with Crippen molar-refractivity contribution in [3.63, 3.8) is 0 Å². The van der Waals surface area contributed by atoms with Crippen LogP contribution in [0.3, 0.4) is 0 Å². The average molecular weight is 349 g/mol. The van der Waals surface area contributed by atoms with E-state index in [0.717, 1.165) is 30.1 Å². The van der Waals surface area contributed by atoms with Crippen molar-refractivity contribution in [2.75, 3.05) is 20.1 Å². The van der Waals surface area contributed by atoms with Crippen molar-refractivity contribution < 1.29 is 12.8 Å². The van der Waals surface area contributed by atoms with Gasteiger partial charge in [-0.25, -0.2) is 0 Å². The highest BCUT2D eigenvalue weighted by Crippen LogP contribution is 2.35. The van der Waals surface area contributed by atoms with E-state index >= 15 is 0 Å². The number of likely N-dealkylation sites (N-methyl/N-ethyl adjacent to an activating group) is 1. The van der Waals surface area contributed by atoms with Crippen LogP contribution in [0.15, 0.2) is 40.9 Å². The maximum Gasteiger partial charge on any atom is 0.282 e. The summed E-state index contributed by atoms with van der Waals surface area (Å²) in [6, 6.07) is 9.22. The van der Waals surface area contributed by atoms with E-state index in [1.54, 1.807) is 17.5 Å². The fourth-order valence-electron chi connectivity index (χ4n) is 3.05. The van der Waals surface area contributed by atoms with Crippen molar-refractivity contribution in [1.82, 2.24) is 13.6 Å². The summed E-state index contributed by atoms with van der Waals surface area (Å²) in [6.45, 7) is 2.80. The summed E-state index contributed by atoms with van der Waals surface area (Å²) >= 11 is 0. The molecule has 0 bridgehead atoms. The molecule has 1 fully saturated rings. The van der Waals surface area contributed by atoms with E-state index in [9.17, 15) is 8.42 Å². The highest BCUT2D eigenvalue weighted by molar-refractivity contribution is 7.86. The van der Waals surface area contributed by atoms with Gasteiger partial charge in [0, 0.05) is 38.4 Å². The molecule has 0 aromatic carbocycles. The Morgan fingerprint density at radius 3 is 2.83 bits per heavy atom. The third-order valence-corrected chi connectivity index (χ3v) is 6.39. The zero-order chi connectivity index (χ0) is 17.2. The molecule has 0 spiro atoms. The molecule has 1 saturated heterocycles. The monoisotopic (exact) mass is 349 g/mol. The summed E-state index contributed by atoms with van der Waals surface area (Å²) in [4.78, 5) is 4.25. The lowest BCUT2D eigenvalue weighted by molar-refractivity contribution is 0.309. The maximum atomic E-state index is 12.9. The van der Waals surface area contributed by atoms with Gasteiger partial charge in [0.15, 0.2) is 0 Å². The van der Waals surface area contributed by atoms with Crippen LogP contribution >= 0.6 is 0 Å². The van der Waals surface area contributed by atoms with Crippen LogP contribution in [0.4, 0.5) is 0 Å². The highest BCUT2D eigenvalue weighted by atomic mass is 32.2. The molecule has 2 aromatic rings.